The molecule has 0 saturated heterocycles. The average molecular weight is 385 g/mol. The van der Waals surface area contributed by atoms with Crippen LogP contribution in [-0.2, 0) is 27.3 Å². The summed E-state index contributed by atoms with van der Waals surface area (Å²) in [7, 11) is 3.13. The van der Waals surface area contributed by atoms with Crippen molar-refractivity contribution in [2.75, 3.05) is 14.2 Å². The normalized spacial score (nSPS) is 11.4. The molecule has 6 heteroatoms. The molecule has 0 unspecified atom stereocenters. The highest BCUT2D eigenvalue weighted by atomic mass is 16.5. The van der Waals surface area contributed by atoms with Crippen molar-refractivity contribution in [2.45, 2.75) is 39.3 Å². The van der Waals surface area contributed by atoms with Gasteiger partial charge in [0.15, 0.2) is 17.6 Å². The number of amides is 1. The molecule has 0 aliphatic heterocycles. The summed E-state index contributed by atoms with van der Waals surface area (Å²) in [5.74, 6) is 0.498. The van der Waals surface area contributed by atoms with E-state index in [1.807, 2.05) is 43.3 Å². The number of aryl methyl sites for hydroxylation is 2. The van der Waals surface area contributed by atoms with Crippen LogP contribution < -0.4 is 14.8 Å². The number of hydrogen-bond donors (Lipinski definition) is 1. The van der Waals surface area contributed by atoms with Crippen LogP contribution in [0.2, 0.25) is 0 Å². The molecule has 0 aromatic heterocycles. The quantitative estimate of drug-likeness (QED) is 0.671. The Morgan fingerprint density at radius 2 is 1.61 bits per heavy atom. The smallest absolute Gasteiger partial charge is 0.306 e. The van der Waals surface area contributed by atoms with Crippen molar-refractivity contribution in [1.29, 1.82) is 0 Å². The summed E-state index contributed by atoms with van der Waals surface area (Å²) >= 11 is 0. The second kappa shape index (κ2) is 10.3. The third kappa shape index (κ3) is 6.30. The van der Waals surface area contributed by atoms with Crippen LogP contribution in [0.4, 0.5) is 0 Å². The second-order valence-corrected chi connectivity index (χ2v) is 6.52. The van der Waals surface area contributed by atoms with Crippen molar-refractivity contribution < 1.29 is 23.8 Å². The van der Waals surface area contributed by atoms with Gasteiger partial charge in [-0.3, -0.25) is 9.59 Å². The van der Waals surface area contributed by atoms with Gasteiger partial charge >= 0.3 is 5.97 Å². The molecule has 1 amide bonds. The van der Waals surface area contributed by atoms with Crippen molar-refractivity contribution in [2.24, 2.45) is 0 Å². The third-order valence-electron chi connectivity index (χ3n) is 4.33. The first-order valence-corrected chi connectivity index (χ1v) is 9.16. The first-order valence-electron chi connectivity index (χ1n) is 9.16. The Kier molecular flexibility index (Phi) is 7.87. The lowest BCUT2D eigenvalue weighted by Crippen LogP contribution is -2.35. The second-order valence-electron chi connectivity index (χ2n) is 6.52. The molecular formula is C22H27NO5. The van der Waals surface area contributed by atoms with Crippen molar-refractivity contribution in [3.63, 3.8) is 0 Å². The molecule has 6 nitrogen and oxygen atoms in total. The van der Waals surface area contributed by atoms with Gasteiger partial charge in [0.2, 0.25) is 0 Å². The van der Waals surface area contributed by atoms with E-state index in [0.29, 0.717) is 24.5 Å². The summed E-state index contributed by atoms with van der Waals surface area (Å²) in [6, 6.07) is 13.4. The number of ether oxygens (including phenoxy) is 3. The van der Waals surface area contributed by atoms with Crippen LogP contribution in [0.5, 0.6) is 11.5 Å². The summed E-state index contributed by atoms with van der Waals surface area (Å²) in [5, 5.41) is 2.78. The zero-order chi connectivity index (χ0) is 20.5. The predicted molar refractivity (Wildman–Crippen MR) is 106 cm³/mol. The monoisotopic (exact) mass is 385 g/mol. The molecule has 28 heavy (non-hydrogen) atoms. The van der Waals surface area contributed by atoms with E-state index < -0.39 is 12.1 Å². The summed E-state index contributed by atoms with van der Waals surface area (Å²) in [6.07, 6.45) is -0.189. The van der Waals surface area contributed by atoms with Gasteiger partial charge in [-0.1, -0.05) is 35.9 Å². The largest absolute Gasteiger partial charge is 0.493 e. The van der Waals surface area contributed by atoms with Crippen LogP contribution in [0.3, 0.4) is 0 Å². The van der Waals surface area contributed by atoms with Crippen molar-refractivity contribution in [3.8, 4) is 11.5 Å². The average Bonchev–Trinajstić information content (AvgIpc) is 2.71. The molecular weight excluding hydrogens is 358 g/mol. The van der Waals surface area contributed by atoms with Gasteiger partial charge in [-0.15, -0.1) is 0 Å². The molecule has 1 N–H and O–H groups in total. The van der Waals surface area contributed by atoms with E-state index in [9.17, 15) is 9.59 Å². The maximum atomic E-state index is 12.1. The van der Waals surface area contributed by atoms with Crippen LogP contribution in [0, 0.1) is 6.92 Å². The third-order valence-corrected chi connectivity index (χ3v) is 4.33. The number of carbonyl (C=O) groups excluding carboxylic acids is 2. The molecule has 0 spiro atoms. The molecule has 0 aliphatic rings. The van der Waals surface area contributed by atoms with Gasteiger partial charge < -0.3 is 19.5 Å². The molecule has 2 aromatic carbocycles. The van der Waals surface area contributed by atoms with Crippen LogP contribution in [0.15, 0.2) is 42.5 Å². The number of benzene rings is 2. The Morgan fingerprint density at radius 3 is 2.25 bits per heavy atom. The Labute approximate surface area is 165 Å². The molecule has 0 saturated carbocycles. The van der Waals surface area contributed by atoms with E-state index in [4.69, 9.17) is 14.2 Å². The minimum Gasteiger partial charge on any atom is -0.493 e. The first-order chi connectivity index (χ1) is 13.4. The number of hydrogen-bond acceptors (Lipinski definition) is 5. The zero-order valence-corrected chi connectivity index (χ0v) is 16.8. The van der Waals surface area contributed by atoms with E-state index in [1.165, 1.54) is 0 Å². The maximum Gasteiger partial charge on any atom is 0.306 e. The molecule has 1 atom stereocenters. The predicted octanol–water partition coefficient (Wildman–Crippen LogP) is 3.19. The van der Waals surface area contributed by atoms with Crippen LogP contribution >= 0.6 is 0 Å². The molecule has 0 bridgehead atoms. The maximum absolute atomic E-state index is 12.1. The van der Waals surface area contributed by atoms with Crippen molar-refractivity contribution in [1.82, 2.24) is 5.32 Å². The molecule has 2 aromatic rings. The standard InChI is InChI=1S/C22H27NO5/c1-15-5-7-18(8-6-15)14-23-22(25)16(2)28-21(24)12-10-17-9-11-19(26-3)20(13-17)27-4/h5-9,11,13,16H,10,12,14H2,1-4H3,(H,23,25)/t16-/m0/s1. The van der Waals surface area contributed by atoms with Crippen LogP contribution in [0.1, 0.15) is 30.0 Å². The van der Waals surface area contributed by atoms with Gasteiger partial charge in [-0.2, -0.15) is 0 Å². The van der Waals surface area contributed by atoms with E-state index in [1.54, 1.807) is 27.2 Å². The number of nitrogens with one attached hydrogen (secondary N) is 1. The van der Waals surface area contributed by atoms with Gasteiger partial charge in [-0.25, -0.2) is 0 Å². The highest BCUT2D eigenvalue weighted by Gasteiger charge is 2.17. The Bertz CT molecular complexity index is 801. The summed E-state index contributed by atoms with van der Waals surface area (Å²) < 4.78 is 15.7. The molecule has 2 rings (SSSR count). The van der Waals surface area contributed by atoms with E-state index >= 15 is 0 Å². The fourth-order valence-corrected chi connectivity index (χ4v) is 2.63. The highest BCUT2D eigenvalue weighted by molar-refractivity contribution is 5.83. The number of rotatable bonds is 9. The van der Waals surface area contributed by atoms with Gasteiger partial charge in [0.05, 0.1) is 14.2 Å². The fourth-order valence-electron chi connectivity index (χ4n) is 2.63. The molecule has 0 fully saturated rings. The highest BCUT2D eigenvalue weighted by Crippen LogP contribution is 2.28. The minimum atomic E-state index is -0.844. The zero-order valence-electron chi connectivity index (χ0n) is 16.8. The number of carbonyl (C=O) groups is 2. The Balaban J connectivity index is 1.78. The van der Waals surface area contributed by atoms with E-state index in [-0.39, 0.29) is 12.3 Å². The molecule has 0 heterocycles. The van der Waals surface area contributed by atoms with Gasteiger partial charge in [0.1, 0.15) is 0 Å². The van der Waals surface area contributed by atoms with E-state index in [0.717, 1.165) is 16.7 Å². The molecule has 0 aliphatic carbocycles. The molecule has 150 valence electrons. The number of methoxy groups -OCH3 is 2. The number of esters is 1. The Hall–Kier alpha value is -3.02. The van der Waals surface area contributed by atoms with Crippen LogP contribution in [-0.4, -0.2) is 32.2 Å². The lowest BCUT2D eigenvalue weighted by molar-refractivity contribution is -0.154. The van der Waals surface area contributed by atoms with Gasteiger partial charge in [-0.05, 0) is 43.5 Å². The van der Waals surface area contributed by atoms with Crippen LogP contribution in [0.25, 0.3) is 0 Å². The summed E-state index contributed by atoms with van der Waals surface area (Å²) in [6.45, 7) is 3.97. The van der Waals surface area contributed by atoms with E-state index in [2.05, 4.69) is 5.32 Å². The van der Waals surface area contributed by atoms with Gasteiger partial charge in [0.25, 0.3) is 5.91 Å². The minimum absolute atomic E-state index is 0.172. The van der Waals surface area contributed by atoms with Crippen molar-refractivity contribution in [3.05, 3.63) is 59.2 Å². The van der Waals surface area contributed by atoms with Gasteiger partial charge in [0, 0.05) is 13.0 Å². The SMILES string of the molecule is COc1ccc(CCC(=O)O[C@@H](C)C(=O)NCc2ccc(C)cc2)cc1OC. The lowest BCUT2D eigenvalue weighted by Gasteiger charge is -2.14. The lowest BCUT2D eigenvalue weighted by atomic mass is 10.1. The summed E-state index contributed by atoms with van der Waals surface area (Å²) in [5.41, 5.74) is 3.07. The Morgan fingerprint density at radius 1 is 0.964 bits per heavy atom. The summed E-state index contributed by atoms with van der Waals surface area (Å²) in [4.78, 5) is 24.2. The van der Waals surface area contributed by atoms with Crippen molar-refractivity contribution >= 4 is 11.9 Å². The topological polar surface area (TPSA) is 73.9 Å². The molecule has 0 radical (unpaired) electrons. The first kappa shape index (κ1) is 21.3. The fraction of sp³-hybridized carbons (Fsp3) is 0.364.